The lowest BCUT2D eigenvalue weighted by Crippen LogP contribution is -2.29. The van der Waals surface area contributed by atoms with Gasteiger partial charge in [-0.2, -0.15) is 0 Å². The van der Waals surface area contributed by atoms with Gasteiger partial charge >= 0.3 is 0 Å². The van der Waals surface area contributed by atoms with Gasteiger partial charge in [0.25, 0.3) is 0 Å². The van der Waals surface area contributed by atoms with E-state index in [0.717, 1.165) is 23.6 Å². The highest BCUT2D eigenvalue weighted by Crippen LogP contribution is 2.19. The Hall–Kier alpha value is -1.13. The lowest BCUT2D eigenvalue weighted by atomic mass is 10.1. The molecule has 0 bridgehead atoms. The lowest BCUT2D eigenvalue weighted by molar-refractivity contribution is 0.680. The van der Waals surface area contributed by atoms with E-state index in [9.17, 15) is 0 Å². The number of benzene rings is 1. The van der Waals surface area contributed by atoms with Crippen LogP contribution in [0.2, 0.25) is 5.02 Å². The van der Waals surface area contributed by atoms with Gasteiger partial charge in [0.2, 0.25) is 0 Å². The SMILES string of the molecule is C#C[C@@H](CCC)N(C)c1ccc(Cl)cc1. The number of halogens is 1. The van der Waals surface area contributed by atoms with Gasteiger partial charge in [0.15, 0.2) is 0 Å². The Morgan fingerprint density at radius 1 is 1.40 bits per heavy atom. The number of hydrogen-bond donors (Lipinski definition) is 0. The number of terminal acetylenes is 1. The topological polar surface area (TPSA) is 3.24 Å². The third-order valence-electron chi connectivity index (χ3n) is 2.46. The minimum absolute atomic E-state index is 0.163. The van der Waals surface area contributed by atoms with Gasteiger partial charge in [-0.25, -0.2) is 0 Å². The third-order valence-corrected chi connectivity index (χ3v) is 2.71. The van der Waals surface area contributed by atoms with Crippen LogP contribution >= 0.6 is 11.6 Å². The smallest absolute Gasteiger partial charge is 0.0897 e. The van der Waals surface area contributed by atoms with Crippen LogP contribution in [0.25, 0.3) is 0 Å². The molecule has 0 radical (unpaired) electrons. The fraction of sp³-hybridized carbons (Fsp3) is 0.385. The van der Waals surface area contributed by atoms with Crippen molar-refractivity contribution in [1.29, 1.82) is 0 Å². The molecule has 1 rings (SSSR count). The van der Waals surface area contributed by atoms with Crippen molar-refractivity contribution in [1.82, 2.24) is 0 Å². The molecule has 0 aliphatic heterocycles. The van der Waals surface area contributed by atoms with Crippen LogP contribution in [0.5, 0.6) is 0 Å². The van der Waals surface area contributed by atoms with E-state index in [1.807, 2.05) is 31.3 Å². The molecule has 0 N–H and O–H groups in total. The molecule has 2 heteroatoms. The van der Waals surface area contributed by atoms with Gasteiger partial charge in [-0.1, -0.05) is 30.9 Å². The second-order valence-electron chi connectivity index (χ2n) is 3.56. The maximum atomic E-state index is 5.83. The van der Waals surface area contributed by atoms with Crippen LogP contribution in [0, 0.1) is 12.3 Å². The first-order valence-corrected chi connectivity index (χ1v) is 5.51. The van der Waals surface area contributed by atoms with Crippen molar-refractivity contribution in [3.63, 3.8) is 0 Å². The molecule has 0 amide bonds. The zero-order valence-corrected chi connectivity index (χ0v) is 9.96. The molecule has 1 aromatic rings. The van der Waals surface area contributed by atoms with Crippen LogP contribution in [0.4, 0.5) is 5.69 Å². The van der Waals surface area contributed by atoms with E-state index in [4.69, 9.17) is 18.0 Å². The lowest BCUT2D eigenvalue weighted by Gasteiger charge is -2.25. The van der Waals surface area contributed by atoms with Gasteiger partial charge in [0, 0.05) is 17.8 Å². The summed E-state index contributed by atoms with van der Waals surface area (Å²) in [6.45, 7) is 2.14. The Bertz CT molecular complexity index is 337. The number of hydrogen-bond acceptors (Lipinski definition) is 1. The summed E-state index contributed by atoms with van der Waals surface area (Å²) in [6.07, 6.45) is 7.61. The fourth-order valence-corrected chi connectivity index (χ4v) is 1.64. The van der Waals surface area contributed by atoms with Crippen LogP contribution in [-0.2, 0) is 0 Å². The second-order valence-corrected chi connectivity index (χ2v) is 3.99. The average Bonchev–Trinajstić information content (AvgIpc) is 2.26. The van der Waals surface area contributed by atoms with Gasteiger partial charge in [-0.3, -0.25) is 0 Å². The molecule has 0 saturated carbocycles. The Balaban J connectivity index is 2.79. The number of anilines is 1. The highest BCUT2D eigenvalue weighted by molar-refractivity contribution is 6.30. The maximum Gasteiger partial charge on any atom is 0.0897 e. The first-order valence-electron chi connectivity index (χ1n) is 5.13. The van der Waals surface area contributed by atoms with Gasteiger partial charge in [0.05, 0.1) is 6.04 Å². The van der Waals surface area contributed by atoms with Crippen molar-refractivity contribution in [2.45, 2.75) is 25.8 Å². The molecule has 0 spiro atoms. The molecular formula is C13H16ClN. The van der Waals surface area contributed by atoms with E-state index in [0.29, 0.717) is 0 Å². The van der Waals surface area contributed by atoms with E-state index < -0.39 is 0 Å². The van der Waals surface area contributed by atoms with Crippen LogP contribution < -0.4 is 4.90 Å². The van der Waals surface area contributed by atoms with E-state index in [2.05, 4.69) is 17.7 Å². The van der Waals surface area contributed by atoms with Crippen molar-refractivity contribution in [2.24, 2.45) is 0 Å². The summed E-state index contributed by atoms with van der Waals surface area (Å²) in [5, 5.41) is 0.750. The van der Waals surface area contributed by atoms with E-state index in [1.165, 1.54) is 0 Å². The van der Waals surface area contributed by atoms with E-state index in [1.54, 1.807) is 0 Å². The van der Waals surface area contributed by atoms with Crippen molar-refractivity contribution < 1.29 is 0 Å². The molecule has 0 fully saturated rings. The molecule has 1 atom stereocenters. The predicted octanol–water partition coefficient (Wildman–Crippen LogP) is 3.58. The van der Waals surface area contributed by atoms with Crippen LogP contribution in [0.1, 0.15) is 19.8 Å². The Morgan fingerprint density at radius 3 is 2.47 bits per heavy atom. The van der Waals surface area contributed by atoms with Crippen molar-refractivity contribution in [3.8, 4) is 12.3 Å². The van der Waals surface area contributed by atoms with Crippen LogP contribution in [-0.4, -0.2) is 13.1 Å². The maximum absolute atomic E-state index is 5.83. The molecule has 1 aromatic carbocycles. The van der Waals surface area contributed by atoms with Gasteiger partial charge in [0.1, 0.15) is 0 Å². The summed E-state index contributed by atoms with van der Waals surface area (Å²) < 4.78 is 0. The predicted molar refractivity (Wildman–Crippen MR) is 67.4 cm³/mol. The Kier molecular flexibility index (Phi) is 4.52. The molecule has 1 nitrogen and oxygen atoms in total. The average molecular weight is 222 g/mol. The van der Waals surface area contributed by atoms with Gasteiger partial charge < -0.3 is 4.90 Å². The summed E-state index contributed by atoms with van der Waals surface area (Å²) in [5.74, 6) is 2.81. The van der Waals surface area contributed by atoms with Gasteiger partial charge in [-0.05, 0) is 30.7 Å². The Labute approximate surface area is 97.0 Å². The number of rotatable bonds is 4. The highest BCUT2D eigenvalue weighted by atomic mass is 35.5. The second kappa shape index (κ2) is 5.68. The summed E-state index contributed by atoms with van der Waals surface area (Å²) in [4.78, 5) is 2.11. The Morgan fingerprint density at radius 2 is 2.00 bits per heavy atom. The standard InChI is InChI=1S/C13H16ClN/c1-4-6-12(5-2)15(3)13-9-7-11(14)8-10-13/h2,7-10,12H,4,6H2,1,3H3/t12-/m0/s1. The minimum atomic E-state index is 0.163. The molecule has 80 valence electrons. The third kappa shape index (κ3) is 3.18. The molecule has 0 aliphatic carbocycles. The molecule has 0 aliphatic rings. The summed E-state index contributed by atoms with van der Waals surface area (Å²) >= 11 is 5.83. The van der Waals surface area contributed by atoms with E-state index >= 15 is 0 Å². The molecule has 0 unspecified atom stereocenters. The largest absolute Gasteiger partial charge is 0.361 e. The highest BCUT2D eigenvalue weighted by Gasteiger charge is 2.10. The zero-order chi connectivity index (χ0) is 11.3. The first-order chi connectivity index (χ1) is 7.19. The zero-order valence-electron chi connectivity index (χ0n) is 9.20. The minimum Gasteiger partial charge on any atom is -0.361 e. The fourth-order valence-electron chi connectivity index (χ4n) is 1.52. The molecule has 0 aromatic heterocycles. The first kappa shape index (κ1) is 11.9. The van der Waals surface area contributed by atoms with Gasteiger partial charge in [-0.15, -0.1) is 6.42 Å². The van der Waals surface area contributed by atoms with Crippen molar-refractivity contribution in [3.05, 3.63) is 29.3 Å². The normalized spacial score (nSPS) is 11.9. The molecule has 0 heterocycles. The summed E-state index contributed by atoms with van der Waals surface area (Å²) in [5.41, 5.74) is 1.11. The monoisotopic (exact) mass is 221 g/mol. The quantitative estimate of drug-likeness (QED) is 0.703. The van der Waals surface area contributed by atoms with Crippen LogP contribution in [0.3, 0.4) is 0 Å². The summed E-state index contributed by atoms with van der Waals surface area (Å²) in [6, 6.07) is 7.90. The van der Waals surface area contributed by atoms with Crippen molar-refractivity contribution >= 4 is 17.3 Å². The summed E-state index contributed by atoms with van der Waals surface area (Å²) in [7, 11) is 2.02. The van der Waals surface area contributed by atoms with E-state index in [-0.39, 0.29) is 6.04 Å². The molecule has 15 heavy (non-hydrogen) atoms. The molecule has 0 saturated heterocycles. The van der Waals surface area contributed by atoms with Crippen LogP contribution in [0.15, 0.2) is 24.3 Å². The molecular weight excluding hydrogens is 206 g/mol. The van der Waals surface area contributed by atoms with Crippen molar-refractivity contribution in [2.75, 3.05) is 11.9 Å². The number of nitrogens with zero attached hydrogens (tertiary/aromatic N) is 1.